The molecule has 1 aromatic rings. The van der Waals surface area contributed by atoms with Gasteiger partial charge in [0.25, 0.3) is 12.1 Å². The predicted molar refractivity (Wildman–Crippen MR) is 63.6 cm³/mol. The van der Waals surface area contributed by atoms with Crippen LogP contribution in [0.2, 0.25) is 0 Å². The number of nitro groups is 1. The first kappa shape index (κ1) is 14.8. The quantitative estimate of drug-likeness (QED) is 0.636. The largest absolute Gasteiger partial charge is 0.481 e. The average molecular weight is 274 g/mol. The van der Waals surface area contributed by atoms with Gasteiger partial charge in [-0.05, 0) is 6.07 Å². The van der Waals surface area contributed by atoms with E-state index >= 15 is 0 Å². The predicted octanol–water partition coefficient (Wildman–Crippen LogP) is 2.44. The molecule has 1 N–H and O–H groups in total. The van der Waals surface area contributed by atoms with Gasteiger partial charge in [-0.25, -0.2) is 8.78 Å². The minimum Gasteiger partial charge on any atom is -0.481 e. The summed E-state index contributed by atoms with van der Waals surface area (Å²) in [4.78, 5) is 21.6. The number of halogens is 2. The Morgan fingerprint density at radius 3 is 2.63 bits per heavy atom. The highest BCUT2D eigenvalue weighted by molar-refractivity contribution is 5.68. The summed E-state index contributed by atoms with van der Waals surface area (Å²) in [6, 6.07) is 3.11. The molecule has 0 amide bonds. The Morgan fingerprint density at radius 2 is 2.16 bits per heavy atom. The van der Waals surface area contributed by atoms with Gasteiger partial charge in [0, 0.05) is 37.0 Å². The van der Waals surface area contributed by atoms with Crippen molar-refractivity contribution in [3.05, 3.63) is 33.9 Å². The number of non-ortho nitro benzene ring substituents is 1. The number of nitro benzene ring substituents is 1. The molecule has 0 unspecified atom stereocenters. The van der Waals surface area contributed by atoms with Gasteiger partial charge in [0.05, 0.1) is 11.3 Å². The third-order valence-corrected chi connectivity index (χ3v) is 2.53. The number of benzene rings is 1. The maximum atomic E-state index is 12.9. The normalized spacial score (nSPS) is 10.5. The lowest BCUT2D eigenvalue weighted by atomic mass is 10.1. The number of anilines is 1. The molecule has 0 radical (unpaired) electrons. The second-order valence-electron chi connectivity index (χ2n) is 3.87. The lowest BCUT2D eigenvalue weighted by molar-refractivity contribution is -0.385. The van der Waals surface area contributed by atoms with Crippen LogP contribution >= 0.6 is 0 Å². The fraction of sp³-hybridized carbons (Fsp3) is 0.364. The number of hydrogen-bond acceptors (Lipinski definition) is 4. The van der Waals surface area contributed by atoms with Crippen LogP contribution in [0, 0.1) is 10.1 Å². The Labute approximate surface area is 107 Å². The van der Waals surface area contributed by atoms with Crippen molar-refractivity contribution in [1.29, 1.82) is 0 Å². The number of carbonyl (C=O) groups is 1. The molecule has 0 bridgehead atoms. The molecule has 6 nitrogen and oxygen atoms in total. The highest BCUT2D eigenvalue weighted by Gasteiger charge is 2.20. The minimum absolute atomic E-state index is 0.0346. The molecule has 8 heteroatoms. The standard InChI is InChI=1S/C11H12F2N2O4/c1-14(5-4-10(16)17)9-3-2-7(15(18)19)6-8(9)11(12)13/h2-3,6,11H,4-5H2,1H3,(H,16,17). The van der Waals surface area contributed by atoms with Gasteiger partial charge in [-0.3, -0.25) is 14.9 Å². The summed E-state index contributed by atoms with van der Waals surface area (Å²) in [7, 11) is 1.45. The van der Waals surface area contributed by atoms with Crippen LogP contribution in [0.25, 0.3) is 0 Å². The van der Waals surface area contributed by atoms with Gasteiger partial charge in [0.2, 0.25) is 0 Å². The summed E-state index contributed by atoms with van der Waals surface area (Å²) >= 11 is 0. The zero-order chi connectivity index (χ0) is 14.6. The van der Waals surface area contributed by atoms with Crippen molar-refractivity contribution in [3.8, 4) is 0 Å². The molecule has 0 spiro atoms. The number of nitrogens with zero attached hydrogens (tertiary/aromatic N) is 2. The number of carboxylic acid groups (broad SMARTS) is 1. The summed E-state index contributed by atoms with van der Waals surface area (Å²) < 4.78 is 25.7. The Bertz CT molecular complexity index is 494. The molecule has 0 heterocycles. The van der Waals surface area contributed by atoms with E-state index in [1.165, 1.54) is 18.0 Å². The molecule has 19 heavy (non-hydrogen) atoms. The van der Waals surface area contributed by atoms with Gasteiger partial charge >= 0.3 is 5.97 Å². The van der Waals surface area contributed by atoms with Gasteiger partial charge in [0.1, 0.15) is 0 Å². The van der Waals surface area contributed by atoms with Gasteiger partial charge in [-0.1, -0.05) is 0 Å². The van der Waals surface area contributed by atoms with E-state index in [0.29, 0.717) is 0 Å². The summed E-state index contributed by atoms with van der Waals surface area (Å²) in [6.07, 6.45) is -3.09. The van der Waals surface area contributed by atoms with Crippen molar-refractivity contribution in [2.45, 2.75) is 12.8 Å². The lowest BCUT2D eigenvalue weighted by Gasteiger charge is -2.21. The first-order valence-electron chi connectivity index (χ1n) is 5.32. The first-order valence-corrected chi connectivity index (χ1v) is 5.32. The molecule has 0 fully saturated rings. The van der Waals surface area contributed by atoms with Crippen LogP contribution < -0.4 is 4.90 Å². The summed E-state index contributed by atoms with van der Waals surface area (Å²) in [5.74, 6) is -1.05. The fourth-order valence-electron chi connectivity index (χ4n) is 1.56. The maximum absolute atomic E-state index is 12.9. The Hall–Kier alpha value is -2.25. The third-order valence-electron chi connectivity index (χ3n) is 2.53. The highest BCUT2D eigenvalue weighted by atomic mass is 19.3. The van der Waals surface area contributed by atoms with E-state index in [4.69, 9.17) is 5.11 Å². The SMILES string of the molecule is CN(CCC(=O)O)c1ccc([N+](=O)[O-])cc1C(F)F. The molecule has 0 aromatic heterocycles. The minimum atomic E-state index is -2.87. The summed E-state index contributed by atoms with van der Waals surface area (Å²) in [5.41, 5.74) is -0.824. The molecule has 0 saturated carbocycles. The number of rotatable bonds is 6. The smallest absolute Gasteiger partial charge is 0.305 e. The average Bonchev–Trinajstić information content (AvgIpc) is 2.34. The van der Waals surface area contributed by atoms with E-state index in [1.54, 1.807) is 0 Å². The Balaban J connectivity index is 3.05. The van der Waals surface area contributed by atoms with Crippen molar-refractivity contribution >= 4 is 17.3 Å². The van der Waals surface area contributed by atoms with Gasteiger partial charge in [-0.2, -0.15) is 0 Å². The Kier molecular flexibility index (Phi) is 4.74. The van der Waals surface area contributed by atoms with Crippen LogP contribution in [0.3, 0.4) is 0 Å². The molecule has 0 saturated heterocycles. The van der Waals surface area contributed by atoms with E-state index in [9.17, 15) is 23.7 Å². The second kappa shape index (κ2) is 6.07. The second-order valence-corrected chi connectivity index (χ2v) is 3.87. The van der Waals surface area contributed by atoms with Crippen LogP contribution in [-0.4, -0.2) is 29.6 Å². The number of hydrogen-bond donors (Lipinski definition) is 1. The van der Waals surface area contributed by atoms with Crippen LogP contribution in [0.1, 0.15) is 18.4 Å². The Morgan fingerprint density at radius 1 is 1.53 bits per heavy atom. The molecular weight excluding hydrogens is 262 g/mol. The van der Waals surface area contributed by atoms with Gasteiger partial charge in [-0.15, -0.1) is 0 Å². The van der Waals surface area contributed by atoms with Crippen molar-refractivity contribution in [3.63, 3.8) is 0 Å². The molecule has 104 valence electrons. The molecule has 0 atom stereocenters. The van der Waals surface area contributed by atoms with Crippen LogP contribution in [0.5, 0.6) is 0 Å². The monoisotopic (exact) mass is 274 g/mol. The van der Waals surface area contributed by atoms with Crippen LogP contribution in [0.15, 0.2) is 18.2 Å². The van der Waals surface area contributed by atoms with Crippen LogP contribution in [0.4, 0.5) is 20.2 Å². The van der Waals surface area contributed by atoms with E-state index < -0.39 is 28.6 Å². The van der Waals surface area contributed by atoms with Crippen molar-refractivity contribution in [1.82, 2.24) is 0 Å². The molecule has 0 aliphatic rings. The molecule has 1 aromatic carbocycles. The first-order chi connectivity index (χ1) is 8.82. The number of carboxylic acids is 1. The topological polar surface area (TPSA) is 83.7 Å². The maximum Gasteiger partial charge on any atom is 0.305 e. The van der Waals surface area contributed by atoms with E-state index in [-0.39, 0.29) is 18.7 Å². The van der Waals surface area contributed by atoms with E-state index in [0.717, 1.165) is 12.1 Å². The van der Waals surface area contributed by atoms with Gasteiger partial charge in [0.15, 0.2) is 0 Å². The van der Waals surface area contributed by atoms with Crippen molar-refractivity contribution in [2.24, 2.45) is 0 Å². The number of aliphatic carboxylic acids is 1. The van der Waals surface area contributed by atoms with Crippen molar-refractivity contribution < 1.29 is 23.6 Å². The fourth-order valence-corrected chi connectivity index (χ4v) is 1.56. The van der Waals surface area contributed by atoms with E-state index in [1.807, 2.05) is 0 Å². The van der Waals surface area contributed by atoms with E-state index in [2.05, 4.69) is 0 Å². The number of alkyl halides is 2. The molecule has 1 rings (SSSR count). The molecule has 0 aliphatic carbocycles. The summed E-state index contributed by atoms with van der Waals surface area (Å²) in [6.45, 7) is 0.0346. The summed E-state index contributed by atoms with van der Waals surface area (Å²) in [5, 5.41) is 19.1. The van der Waals surface area contributed by atoms with Crippen molar-refractivity contribution in [2.75, 3.05) is 18.5 Å². The molecule has 0 aliphatic heterocycles. The third kappa shape index (κ3) is 3.87. The van der Waals surface area contributed by atoms with Crippen LogP contribution in [-0.2, 0) is 4.79 Å². The lowest BCUT2D eigenvalue weighted by Crippen LogP contribution is -2.22. The molecular formula is C11H12F2N2O4. The van der Waals surface area contributed by atoms with Gasteiger partial charge < -0.3 is 10.0 Å². The zero-order valence-corrected chi connectivity index (χ0v) is 10.0. The highest BCUT2D eigenvalue weighted by Crippen LogP contribution is 2.32. The zero-order valence-electron chi connectivity index (χ0n) is 10.0.